The van der Waals surface area contributed by atoms with Gasteiger partial charge in [0.1, 0.15) is 0 Å². The van der Waals surface area contributed by atoms with Gasteiger partial charge in [-0.05, 0) is 37.4 Å². The van der Waals surface area contributed by atoms with Gasteiger partial charge in [-0.25, -0.2) is 0 Å². The number of carbonyl (C=O) groups is 1. The van der Waals surface area contributed by atoms with Crippen molar-refractivity contribution in [2.75, 3.05) is 39.4 Å². The standard InChI is InChI=1S/C22H29N5O2S/c28-22(25-8-10-29-11-9-25)21-15-26-7-6-17(21)12-19(26)14-27-13-18(23-24-27)16-30-20-4-2-1-3-5-20/h1-5,13,17,19,21H,6-12,14-16H2/t17-,19+,21-/m0/s1. The van der Waals surface area contributed by atoms with Gasteiger partial charge in [-0.1, -0.05) is 23.4 Å². The van der Waals surface area contributed by atoms with Gasteiger partial charge < -0.3 is 9.64 Å². The third kappa shape index (κ3) is 4.40. The Kier molecular flexibility index (Phi) is 6.06. The number of morpholine rings is 1. The highest BCUT2D eigenvalue weighted by atomic mass is 32.2. The van der Waals surface area contributed by atoms with Crippen molar-refractivity contribution in [3.05, 3.63) is 42.2 Å². The topological polar surface area (TPSA) is 63.5 Å². The first kappa shape index (κ1) is 20.0. The molecule has 6 rings (SSSR count). The molecule has 1 amide bonds. The average molecular weight is 428 g/mol. The van der Waals surface area contributed by atoms with Crippen LogP contribution < -0.4 is 0 Å². The second-order valence-corrected chi connectivity index (χ2v) is 9.56. The quantitative estimate of drug-likeness (QED) is 0.659. The fourth-order valence-corrected chi connectivity index (χ4v) is 5.81. The average Bonchev–Trinajstić information content (AvgIpc) is 3.26. The fraction of sp³-hybridized carbons (Fsp3) is 0.591. The second kappa shape index (κ2) is 9.08. The Morgan fingerprint density at radius 3 is 2.77 bits per heavy atom. The predicted octanol–water partition coefficient (Wildman–Crippen LogP) is 2.14. The summed E-state index contributed by atoms with van der Waals surface area (Å²) in [6.07, 6.45) is 4.29. The zero-order valence-corrected chi connectivity index (χ0v) is 18.0. The zero-order valence-electron chi connectivity index (χ0n) is 17.2. The first-order chi connectivity index (χ1) is 14.8. The Bertz CT molecular complexity index is 854. The van der Waals surface area contributed by atoms with Crippen LogP contribution in [-0.2, 0) is 21.8 Å². The summed E-state index contributed by atoms with van der Waals surface area (Å²) in [7, 11) is 0. The lowest BCUT2D eigenvalue weighted by Crippen LogP contribution is -2.59. The number of fused-ring (bicyclic) bond motifs is 3. The van der Waals surface area contributed by atoms with Crippen LogP contribution in [0.2, 0.25) is 0 Å². The van der Waals surface area contributed by atoms with E-state index in [2.05, 4.69) is 45.7 Å². The van der Waals surface area contributed by atoms with Gasteiger partial charge in [0, 0.05) is 42.5 Å². The molecule has 4 saturated heterocycles. The van der Waals surface area contributed by atoms with Crippen LogP contribution in [0.1, 0.15) is 18.5 Å². The van der Waals surface area contributed by atoms with Gasteiger partial charge in [-0.2, -0.15) is 0 Å². The second-order valence-electron chi connectivity index (χ2n) is 8.51. The number of hydrogen-bond acceptors (Lipinski definition) is 6. The highest BCUT2D eigenvalue weighted by Crippen LogP contribution is 2.37. The van der Waals surface area contributed by atoms with Crippen molar-refractivity contribution >= 4 is 17.7 Å². The van der Waals surface area contributed by atoms with Crippen molar-refractivity contribution < 1.29 is 9.53 Å². The predicted molar refractivity (Wildman–Crippen MR) is 115 cm³/mol. The van der Waals surface area contributed by atoms with Gasteiger partial charge in [0.15, 0.2) is 0 Å². The van der Waals surface area contributed by atoms with Crippen molar-refractivity contribution in [2.24, 2.45) is 11.8 Å². The molecule has 4 fully saturated rings. The highest BCUT2D eigenvalue weighted by molar-refractivity contribution is 7.98. The molecule has 2 bridgehead atoms. The summed E-state index contributed by atoms with van der Waals surface area (Å²) in [5.41, 5.74) is 1.01. The third-order valence-electron chi connectivity index (χ3n) is 6.63. The summed E-state index contributed by atoms with van der Waals surface area (Å²) in [6, 6.07) is 10.8. The van der Waals surface area contributed by atoms with Crippen LogP contribution in [0.5, 0.6) is 0 Å². The minimum atomic E-state index is 0.154. The van der Waals surface area contributed by atoms with E-state index in [9.17, 15) is 4.79 Å². The van der Waals surface area contributed by atoms with E-state index in [-0.39, 0.29) is 5.92 Å². The number of carbonyl (C=O) groups excluding carboxylic acids is 1. The number of ether oxygens (including phenoxy) is 1. The van der Waals surface area contributed by atoms with Gasteiger partial charge in [0.25, 0.3) is 0 Å². The van der Waals surface area contributed by atoms with E-state index < -0.39 is 0 Å². The van der Waals surface area contributed by atoms with E-state index in [4.69, 9.17) is 4.74 Å². The maximum atomic E-state index is 13.0. The number of nitrogens with zero attached hydrogens (tertiary/aromatic N) is 5. The van der Waals surface area contributed by atoms with E-state index >= 15 is 0 Å². The molecule has 4 aliphatic rings. The minimum Gasteiger partial charge on any atom is -0.378 e. The Labute approximate surface area is 181 Å². The molecular weight excluding hydrogens is 398 g/mol. The molecule has 0 aliphatic carbocycles. The molecule has 4 aliphatic heterocycles. The number of amides is 1. The van der Waals surface area contributed by atoms with Crippen LogP contribution in [0.4, 0.5) is 0 Å². The van der Waals surface area contributed by atoms with E-state index in [1.165, 1.54) is 4.90 Å². The summed E-state index contributed by atoms with van der Waals surface area (Å²) in [4.78, 5) is 18.8. The molecular formula is C22H29N5O2S. The first-order valence-corrected chi connectivity index (χ1v) is 11.9. The molecule has 8 heteroatoms. The number of rotatable bonds is 6. The molecule has 4 atom stereocenters. The van der Waals surface area contributed by atoms with Crippen LogP contribution in [0.25, 0.3) is 0 Å². The van der Waals surface area contributed by atoms with E-state index in [0.717, 1.165) is 57.0 Å². The highest BCUT2D eigenvalue weighted by Gasteiger charge is 2.44. The maximum Gasteiger partial charge on any atom is 0.227 e. The van der Waals surface area contributed by atoms with E-state index in [0.29, 0.717) is 31.1 Å². The maximum absolute atomic E-state index is 13.0. The SMILES string of the molecule is O=C([C@H]1CN2CC[C@H]1C[C@@H]2Cn1cc(CSc2ccccc2)nn1)N1CCOCC1. The summed E-state index contributed by atoms with van der Waals surface area (Å²) in [5, 5.41) is 8.74. The summed E-state index contributed by atoms with van der Waals surface area (Å²) in [5.74, 6) is 1.82. The molecule has 30 heavy (non-hydrogen) atoms. The number of benzene rings is 1. The van der Waals surface area contributed by atoms with Gasteiger partial charge in [-0.15, -0.1) is 16.9 Å². The van der Waals surface area contributed by atoms with Crippen molar-refractivity contribution in [3.8, 4) is 0 Å². The normalized spacial score (nSPS) is 28.6. The summed E-state index contributed by atoms with van der Waals surface area (Å²) < 4.78 is 7.40. The number of piperidine rings is 3. The molecule has 0 spiro atoms. The van der Waals surface area contributed by atoms with Crippen LogP contribution in [0.15, 0.2) is 41.4 Å². The Hall–Kier alpha value is -1.90. The lowest BCUT2D eigenvalue weighted by atomic mass is 9.75. The summed E-state index contributed by atoms with van der Waals surface area (Å²) in [6.45, 7) is 5.67. The molecule has 0 N–H and O–H groups in total. The fourth-order valence-electron chi connectivity index (χ4n) is 5.01. The first-order valence-electron chi connectivity index (χ1n) is 10.9. The van der Waals surface area contributed by atoms with Crippen LogP contribution >= 0.6 is 11.8 Å². The minimum absolute atomic E-state index is 0.154. The number of thioether (sulfide) groups is 1. The molecule has 5 heterocycles. The van der Waals surface area contributed by atoms with E-state index in [1.54, 1.807) is 11.8 Å². The lowest BCUT2D eigenvalue weighted by molar-refractivity contribution is -0.148. The molecule has 1 aromatic heterocycles. The van der Waals surface area contributed by atoms with Crippen LogP contribution in [0.3, 0.4) is 0 Å². The molecule has 0 saturated carbocycles. The van der Waals surface area contributed by atoms with Crippen LogP contribution in [0, 0.1) is 11.8 Å². The molecule has 1 aromatic carbocycles. The number of hydrogen-bond donors (Lipinski definition) is 0. The van der Waals surface area contributed by atoms with E-state index in [1.807, 2.05) is 15.6 Å². The van der Waals surface area contributed by atoms with Gasteiger partial charge in [0.05, 0.1) is 31.4 Å². The van der Waals surface area contributed by atoms with Gasteiger partial charge in [0.2, 0.25) is 5.91 Å². The summed E-state index contributed by atoms with van der Waals surface area (Å²) >= 11 is 1.78. The van der Waals surface area contributed by atoms with Crippen LogP contribution in [-0.4, -0.2) is 76.1 Å². The van der Waals surface area contributed by atoms with Gasteiger partial charge in [-0.3, -0.25) is 14.4 Å². The largest absolute Gasteiger partial charge is 0.378 e. The van der Waals surface area contributed by atoms with Crippen molar-refractivity contribution in [3.63, 3.8) is 0 Å². The third-order valence-corrected chi connectivity index (χ3v) is 7.68. The van der Waals surface area contributed by atoms with Gasteiger partial charge >= 0.3 is 0 Å². The monoisotopic (exact) mass is 427 g/mol. The zero-order chi connectivity index (χ0) is 20.3. The Balaban J connectivity index is 1.16. The Morgan fingerprint density at radius 1 is 1.17 bits per heavy atom. The van der Waals surface area contributed by atoms with Crippen molar-refractivity contribution in [1.82, 2.24) is 24.8 Å². The smallest absolute Gasteiger partial charge is 0.227 e. The number of aromatic nitrogens is 3. The molecule has 160 valence electrons. The van der Waals surface area contributed by atoms with Crippen molar-refractivity contribution in [1.29, 1.82) is 0 Å². The molecule has 7 nitrogen and oxygen atoms in total. The van der Waals surface area contributed by atoms with Crippen molar-refractivity contribution in [2.45, 2.75) is 36.1 Å². The molecule has 1 unspecified atom stereocenters. The Morgan fingerprint density at radius 2 is 2.00 bits per heavy atom. The molecule has 2 aromatic rings. The lowest BCUT2D eigenvalue weighted by Gasteiger charge is -2.50. The molecule has 0 radical (unpaired) electrons.